The second-order valence-corrected chi connectivity index (χ2v) is 10.9. The first-order valence-corrected chi connectivity index (χ1v) is 14.0. The van der Waals surface area contributed by atoms with E-state index in [4.69, 9.17) is 15.0 Å². The van der Waals surface area contributed by atoms with Crippen molar-refractivity contribution in [3.8, 4) is 39.9 Å². The van der Waals surface area contributed by atoms with Crippen LogP contribution in [0.2, 0.25) is 0 Å². The molecule has 0 N–H and O–H groups in total. The zero-order chi connectivity index (χ0) is 26.5. The van der Waals surface area contributed by atoms with Gasteiger partial charge in [-0.25, -0.2) is 15.0 Å². The first kappa shape index (κ1) is 22.8. The van der Waals surface area contributed by atoms with Crippen LogP contribution in [0.15, 0.2) is 134 Å². The van der Waals surface area contributed by atoms with Crippen molar-refractivity contribution < 1.29 is 0 Å². The highest BCUT2D eigenvalue weighted by Crippen LogP contribution is 2.37. The molecule has 0 aliphatic rings. The molecule has 4 nitrogen and oxygen atoms in total. The molecule has 0 aliphatic heterocycles. The van der Waals surface area contributed by atoms with Gasteiger partial charge in [0.25, 0.3) is 0 Å². The zero-order valence-corrected chi connectivity index (χ0v) is 22.2. The summed E-state index contributed by atoms with van der Waals surface area (Å²) < 4.78 is 4.88. The Morgan fingerprint density at radius 1 is 0.475 bits per heavy atom. The van der Waals surface area contributed by atoms with Gasteiger partial charge in [0.1, 0.15) is 0 Å². The van der Waals surface area contributed by atoms with Crippen molar-refractivity contribution in [2.45, 2.75) is 0 Å². The highest BCUT2D eigenvalue weighted by Gasteiger charge is 2.14. The minimum Gasteiger partial charge on any atom is -0.317 e. The predicted octanol–water partition coefficient (Wildman–Crippen LogP) is 9.18. The Hall–Kier alpha value is -5.13. The van der Waals surface area contributed by atoms with Gasteiger partial charge in [-0.05, 0) is 36.4 Å². The third kappa shape index (κ3) is 3.87. The summed E-state index contributed by atoms with van der Waals surface area (Å²) in [4.78, 5) is 14.7. The summed E-state index contributed by atoms with van der Waals surface area (Å²) in [6.45, 7) is 0. The molecule has 8 aromatic rings. The van der Waals surface area contributed by atoms with E-state index in [0.717, 1.165) is 22.4 Å². The van der Waals surface area contributed by atoms with E-state index in [1.54, 1.807) is 0 Å². The third-order valence-electron chi connectivity index (χ3n) is 7.27. The number of benzene rings is 5. The molecule has 188 valence electrons. The second kappa shape index (κ2) is 9.26. The molecule has 0 saturated heterocycles. The molecule has 0 unspecified atom stereocenters. The lowest BCUT2D eigenvalue weighted by Crippen LogP contribution is -2.00. The monoisotopic (exact) mass is 530 g/mol. The summed E-state index contributed by atoms with van der Waals surface area (Å²) in [5, 5.41) is 3.82. The Labute approximate surface area is 234 Å². The molecule has 0 amide bonds. The van der Waals surface area contributed by atoms with E-state index in [1.165, 1.54) is 31.1 Å². The van der Waals surface area contributed by atoms with Crippen molar-refractivity contribution in [2.24, 2.45) is 0 Å². The van der Waals surface area contributed by atoms with Gasteiger partial charge in [-0.15, -0.1) is 11.3 Å². The Balaban J connectivity index is 1.28. The van der Waals surface area contributed by atoms with Crippen LogP contribution >= 0.6 is 11.3 Å². The highest BCUT2D eigenvalue weighted by molar-refractivity contribution is 7.25. The maximum atomic E-state index is 4.92. The molecule has 3 heterocycles. The quantitative estimate of drug-likeness (QED) is 0.228. The van der Waals surface area contributed by atoms with Crippen LogP contribution in [0.1, 0.15) is 0 Å². The van der Waals surface area contributed by atoms with Crippen LogP contribution in [0.5, 0.6) is 0 Å². The average molecular weight is 531 g/mol. The molecule has 8 rings (SSSR count). The molecule has 3 aromatic heterocycles. The van der Waals surface area contributed by atoms with Gasteiger partial charge in [0.05, 0.1) is 5.52 Å². The second-order valence-electron chi connectivity index (χ2n) is 9.78. The molecule has 40 heavy (non-hydrogen) atoms. The fourth-order valence-corrected chi connectivity index (χ4v) is 6.45. The van der Waals surface area contributed by atoms with Crippen molar-refractivity contribution in [1.29, 1.82) is 0 Å². The Morgan fingerprint density at radius 3 is 1.82 bits per heavy atom. The van der Waals surface area contributed by atoms with Gasteiger partial charge in [0, 0.05) is 54.1 Å². The van der Waals surface area contributed by atoms with Crippen LogP contribution in [0.3, 0.4) is 0 Å². The number of hydrogen-bond donors (Lipinski definition) is 0. The highest BCUT2D eigenvalue weighted by atomic mass is 32.1. The van der Waals surface area contributed by atoms with E-state index in [-0.39, 0.29) is 0 Å². The summed E-state index contributed by atoms with van der Waals surface area (Å²) in [6, 6.07) is 44.0. The molecule has 0 fully saturated rings. The zero-order valence-electron chi connectivity index (χ0n) is 21.4. The average Bonchev–Trinajstić information content (AvgIpc) is 3.61. The lowest BCUT2D eigenvalue weighted by Gasteiger charge is -2.11. The lowest BCUT2D eigenvalue weighted by atomic mass is 10.1. The van der Waals surface area contributed by atoms with E-state index in [9.17, 15) is 0 Å². The van der Waals surface area contributed by atoms with Crippen molar-refractivity contribution in [3.63, 3.8) is 0 Å². The van der Waals surface area contributed by atoms with Crippen LogP contribution in [0.25, 0.3) is 70.9 Å². The number of thiophene rings is 1. The maximum absolute atomic E-state index is 4.92. The number of hydrogen-bond acceptors (Lipinski definition) is 4. The first-order chi connectivity index (χ1) is 19.8. The van der Waals surface area contributed by atoms with Crippen LogP contribution in [-0.4, -0.2) is 19.5 Å². The van der Waals surface area contributed by atoms with Crippen LogP contribution in [-0.2, 0) is 0 Å². The summed E-state index contributed by atoms with van der Waals surface area (Å²) in [5.41, 5.74) is 5.11. The van der Waals surface area contributed by atoms with Gasteiger partial charge in [0.15, 0.2) is 17.5 Å². The topological polar surface area (TPSA) is 43.6 Å². The minimum absolute atomic E-state index is 0.650. The van der Waals surface area contributed by atoms with Gasteiger partial charge in [-0.3, -0.25) is 0 Å². The molecule has 0 atom stereocenters. The number of rotatable bonds is 4. The van der Waals surface area contributed by atoms with Gasteiger partial charge in [-0.2, -0.15) is 0 Å². The van der Waals surface area contributed by atoms with Crippen LogP contribution < -0.4 is 0 Å². The van der Waals surface area contributed by atoms with Crippen molar-refractivity contribution >= 4 is 42.4 Å². The third-order valence-corrected chi connectivity index (χ3v) is 8.40. The van der Waals surface area contributed by atoms with E-state index in [2.05, 4.69) is 77.5 Å². The maximum Gasteiger partial charge on any atom is 0.164 e. The SMILES string of the molecule is c1ccc(-c2nc(-c3ccccc3)nc(-c3cccc(-n4ccc5cc6sc7ccccc7c6cc54)c3)n2)cc1. The minimum atomic E-state index is 0.650. The van der Waals surface area contributed by atoms with Crippen LogP contribution in [0, 0.1) is 0 Å². The normalized spacial score (nSPS) is 11.5. The Bertz CT molecular complexity index is 2100. The van der Waals surface area contributed by atoms with E-state index in [1.807, 2.05) is 72.0 Å². The van der Waals surface area contributed by atoms with Crippen molar-refractivity contribution in [2.75, 3.05) is 0 Å². The molecule has 5 heteroatoms. The van der Waals surface area contributed by atoms with Crippen molar-refractivity contribution in [1.82, 2.24) is 19.5 Å². The van der Waals surface area contributed by atoms with E-state index < -0.39 is 0 Å². The van der Waals surface area contributed by atoms with E-state index >= 15 is 0 Å². The lowest BCUT2D eigenvalue weighted by molar-refractivity contribution is 1.07. The molecule has 5 aromatic carbocycles. The Morgan fingerprint density at radius 2 is 1.10 bits per heavy atom. The van der Waals surface area contributed by atoms with Gasteiger partial charge in [0.2, 0.25) is 0 Å². The summed E-state index contributed by atoms with van der Waals surface area (Å²) in [6.07, 6.45) is 2.15. The molecule has 0 aliphatic carbocycles. The van der Waals surface area contributed by atoms with E-state index in [0.29, 0.717) is 17.5 Å². The standard InChI is InChI=1S/C35H22N4S/c1-3-10-23(11-4-1)33-36-34(24-12-5-2-6-13-24)38-35(37-33)26-14-9-15-27(20-26)39-19-18-25-21-32-29(22-30(25)39)28-16-7-8-17-31(28)40-32/h1-22H. The van der Waals surface area contributed by atoms with Crippen molar-refractivity contribution in [3.05, 3.63) is 134 Å². The summed E-state index contributed by atoms with van der Waals surface area (Å²) in [5.74, 6) is 1.97. The molecular weight excluding hydrogens is 508 g/mol. The van der Waals surface area contributed by atoms with Crippen LogP contribution in [0.4, 0.5) is 0 Å². The molecule has 0 radical (unpaired) electrons. The number of aromatic nitrogens is 4. The molecule has 0 spiro atoms. The van der Waals surface area contributed by atoms with Gasteiger partial charge >= 0.3 is 0 Å². The summed E-state index contributed by atoms with van der Waals surface area (Å²) >= 11 is 1.85. The first-order valence-electron chi connectivity index (χ1n) is 13.2. The van der Waals surface area contributed by atoms with Gasteiger partial charge in [-0.1, -0.05) is 91.0 Å². The summed E-state index contributed by atoms with van der Waals surface area (Å²) in [7, 11) is 0. The molecule has 0 bridgehead atoms. The Kier molecular flexibility index (Phi) is 5.28. The fourth-order valence-electron chi connectivity index (χ4n) is 5.31. The largest absolute Gasteiger partial charge is 0.317 e. The smallest absolute Gasteiger partial charge is 0.164 e. The van der Waals surface area contributed by atoms with Gasteiger partial charge < -0.3 is 4.57 Å². The predicted molar refractivity (Wildman–Crippen MR) is 166 cm³/mol. The number of fused-ring (bicyclic) bond motifs is 4. The molecular formula is C35H22N4S. The molecule has 0 saturated carbocycles. The fraction of sp³-hybridized carbons (Fsp3) is 0. The number of nitrogens with zero attached hydrogens (tertiary/aromatic N) is 4.